The predicted octanol–water partition coefficient (Wildman–Crippen LogP) is -0.155. The summed E-state index contributed by atoms with van der Waals surface area (Å²) in [5.74, 6) is 0.946. The van der Waals surface area contributed by atoms with Crippen LogP contribution in [-0.4, -0.2) is 46.9 Å². The molecule has 1 aromatic rings. The van der Waals surface area contributed by atoms with Gasteiger partial charge >= 0.3 is 0 Å². The van der Waals surface area contributed by atoms with E-state index in [0.717, 1.165) is 6.42 Å². The van der Waals surface area contributed by atoms with Gasteiger partial charge in [-0.25, -0.2) is 0 Å². The average Bonchev–Trinajstić information content (AvgIpc) is 2.83. The first kappa shape index (κ1) is 12.4. The Bertz CT molecular complexity index is 489. The minimum atomic E-state index is -0.731. The predicted molar refractivity (Wildman–Crippen MR) is 66.5 cm³/mol. The third-order valence-electron chi connectivity index (χ3n) is 4.12. The van der Waals surface area contributed by atoms with Gasteiger partial charge in [-0.05, 0) is 24.4 Å². The zero-order chi connectivity index (χ0) is 13.5. The third-order valence-corrected chi connectivity index (χ3v) is 4.12. The molecule has 0 bridgehead atoms. The molecule has 0 unspecified atom stereocenters. The molecular weight excluding hydrogens is 248 g/mol. The minimum absolute atomic E-state index is 0.0591. The number of nitrogens with zero attached hydrogens (tertiary/aromatic N) is 3. The number of piperidine rings is 2. The number of aliphatic hydroxyl groups is 1. The van der Waals surface area contributed by atoms with E-state index in [1.54, 1.807) is 6.92 Å². The first-order valence-electron chi connectivity index (χ1n) is 6.63. The van der Waals surface area contributed by atoms with E-state index in [0.29, 0.717) is 44.3 Å². The summed E-state index contributed by atoms with van der Waals surface area (Å²) in [6, 6.07) is 0. The van der Waals surface area contributed by atoms with Gasteiger partial charge in [0.1, 0.15) is 0 Å². The fourth-order valence-corrected chi connectivity index (χ4v) is 3.03. The van der Waals surface area contributed by atoms with Crippen LogP contribution in [0.3, 0.4) is 0 Å². The molecule has 2 fully saturated rings. The highest BCUT2D eigenvalue weighted by molar-refractivity contribution is 5.85. The van der Waals surface area contributed by atoms with Gasteiger partial charge in [-0.2, -0.15) is 4.98 Å². The summed E-state index contributed by atoms with van der Waals surface area (Å²) in [6.07, 6.45) is 1.54. The summed E-state index contributed by atoms with van der Waals surface area (Å²) in [6.45, 7) is 3.50. The van der Waals surface area contributed by atoms with Gasteiger partial charge in [0.25, 0.3) is 5.95 Å². The number of aryl methyl sites for hydroxylation is 1. The van der Waals surface area contributed by atoms with Crippen molar-refractivity contribution in [1.29, 1.82) is 0 Å². The number of carbonyl (C=O) groups is 1. The van der Waals surface area contributed by atoms with Gasteiger partial charge in [0.05, 0.1) is 11.5 Å². The summed E-state index contributed by atoms with van der Waals surface area (Å²) in [4.78, 5) is 18.3. The zero-order valence-corrected chi connectivity index (χ0v) is 10.9. The van der Waals surface area contributed by atoms with Gasteiger partial charge in [-0.15, -0.1) is 0 Å². The summed E-state index contributed by atoms with van der Waals surface area (Å²) in [5, 5.41) is 17.0. The number of amides is 1. The van der Waals surface area contributed by atoms with Crippen LogP contribution in [0.2, 0.25) is 0 Å². The molecule has 0 aromatic carbocycles. The molecule has 2 aliphatic rings. The Morgan fingerprint density at radius 1 is 1.58 bits per heavy atom. The third kappa shape index (κ3) is 1.98. The highest BCUT2D eigenvalue weighted by Crippen LogP contribution is 2.38. The largest absolute Gasteiger partial charge is 0.392 e. The van der Waals surface area contributed by atoms with E-state index in [1.165, 1.54) is 0 Å². The van der Waals surface area contributed by atoms with Crippen LogP contribution in [0.5, 0.6) is 0 Å². The molecule has 1 amide bonds. The number of rotatable bonds is 1. The quantitative estimate of drug-likeness (QED) is 0.734. The molecule has 2 atom stereocenters. The number of hydrogen-bond acceptors (Lipinski definition) is 6. The molecule has 7 nitrogen and oxygen atoms in total. The number of aromatic nitrogens is 2. The zero-order valence-electron chi connectivity index (χ0n) is 10.9. The molecule has 104 valence electrons. The van der Waals surface area contributed by atoms with Crippen LogP contribution in [0, 0.1) is 12.3 Å². The molecule has 0 aliphatic carbocycles. The molecule has 19 heavy (non-hydrogen) atoms. The van der Waals surface area contributed by atoms with Crippen molar-refractivity contribution >= 4 is 11.9 Å². The van der Waals surface area contributed by atoms with Gasteiger partial charge in [0.2, 0.25) is 11.8 Å². The van der Waals surface area contributed by atoms with Crippen molar-refractivity contribution in [2.45, 2.75) is 32.3 Å². The molecule has 0 radical (unpaired) electrons. The number of nitrogens with one attached hydrogen (secondary N) is 1. The number of hydrogen-bond donors (Lipinski definition) is 2. The topological polar surface area (TPSA) is 91.5 Å². The average molecular weight is 266 g/mol. The van der Waals surface area contributed by atoms with Crippen LogP contribution in [0.4, 0.5) is 5.95 Å². The van der Waals surface area contributed by atoms with Gasteiger partial charge in [-0.1, -0.05) is 0 Å². The fourth-order valence-electron chi connectivity index (χ4n) is 3.03. The Labute approximate surface area is 111 Å². The van der Waals surface area contributed by atoms with E-state index in [2.05, 4.69) is 15.5 Å². The first-order chi connectivity index (χ1) is 9.12. The summed E-state index contributed by atoms with van der Waals surface area (Å²) < 4.78 is 4.98. The maximum absolute atomic E-state index is 12.2. The second kappa shape index (κ2) is 4.48. The van der Waals surface area contributed by atoms with E-state index in [1.807, 2.05) is 4.90 Å². The van der Waals surface area contributed by atoms with Gasteiger partial charge in [0, 0.05) is 26.6 Å². The van der Waals surface area contributed by atoms with Crippen LogP contribution in [0.25, 0.3) is 0 Å². The van der Waals surface area contributed by atoms with Crippen molar-refractivity contribution in [3.8, 4) is 0 Å². The molecule has 3 rings (SSSR count). The number of carbonyl (C=O) groups excluding carboxylic acids is 1. The smallest absolute Gasteiger partial charge is 0.266 e. The second-order valence-corrected chi connectivity index (χ2v) is 5.36. The van der Waals surface area contributed by atoms with Crippen molar-refractivity contribution in [3.63, 3.8) is 0 Å². The normalized spacial score (nSPS) is 31.6. The van der Waals surface area contributed by atoms with E-state index in [-0.39, 0.29) is 5.91 Å². The lowest BCUT2D eigenvalue weighted by molar-refractivity contribution is -0.142. The van der Waals surface area contributed by atoms with Gasteiger partial charge in [-0.3, -0.25) is 4.79 Å². The molecule has 2 N–H and O–H groups in total. The second-order valence-electron chi connectivity index (χ2n) is 5.36. The summed E-state index contributed by atoms with van der Waals surface area (Å²) in [5.41, 5.74) is -0.731. The Kier molecular flexibility index (Phi) is 2.93. The van der Waals surface area contributed by atoms with Crippen LogP contribution < -0.4 is 10.2 Å². The lowest BCUT2D eigenvalue weighted by atomic mass is 9.71. The molecule has 2 saturated heterocycles. The molecule has 1 aromatic heterocycles. The van der Waals surface area contributed by atoms with E-state index in [9.17, 15) is 9.90 Å². The van der Waals surface area contributed by atoms with E-state index < -0.39 is 11.5 Å². The lowest BCUT2D eigenvalue weighted by Crippen LogP contribution is -2.61. The standard InChI is InChI=1S/C12H18N4O3/c1-8-14-11(15-19-8)16-6-3-9(17)12(7-16)4-2-5-13-10(12)18/h9,17H,2-7H2,1H3,(H,13,18)/t9-,12-/m1/s1. The van der Waals surface area contributed by atoms with Crippen molar-refractivity contribution < 1.29 is 14.4 Å². The van der Waals surface area contributed by atoms with Crippen LogP contribution in [0.1, 0.15) is 25.2 Å². The van der Waals surface area contributed by atoms with Crippen LogP contribution in [0.15, 0.2) is 4.52 Å². The van der Waals surface area contributed by atoms with Crippen molar-refractivity contribution in [1.82, 2.24) is 15.5 Å². The fraction of sp³-hybridized carbons (Fsp3) is 0.750. The molecule has 1 spiro atoms. The first-order valence-corrected chi connectivity index (χ1v) is 6.63. The lowest BCUT2D eigenvalue weighted by Gasteiger charge is -2.46. The summed E-state index contributed by atoms with van der Waals surface area (Å²) in [7, 11) is 0. The Balaban J connectivity index is 1.86. The van der Waals surface area contributed by atoms with Crippen LogP contribution >= 0.6 is 0 Å². The van der Waals surface area contributed by atoms with Crippen molar-refractivity contribution in [3.05, 3.63) is 5.89 Å². The number of aliphatic hydroxyl groups excluding tert-OH is 1. The molecule has 2 aliphatic heterocycles. The SMILES string of the molecule is Cc1nc(N2CC[C@@H](O)[C@@]3(CCCNC3=O)C2)no1. The Morgan fingerprint density at radius 2 is 2.42 bits per heavy atom. The Hall–Kier alpha value is -1.63. The monoisotopic (exact) mass is 266 g/mol. The highest BCUT2D eigenvalue weighted by Gasteiger charge is 2.50. The maximum atomic E-state index is 12.2. The maximum Gasteiger partial charge on any atom is 0.266 e. The van der Waals surface area contributed by atoms with Gasteiger partial charge < -0.3 is 19.8 Å². The molecular formula is C12H18N4O3. The van der Waals surface area contributed by atoms with Crippen molar-refractivity contribution in [2.24, 2.45) is 5.41 Å². The van der Waals surface area contributed by atoms with E-state index in [4.69, 9.17) is 4.52 Å². The summed E-state index contributed by atoms with van der Waals surface area (Å²) >= 11 is 0. The van der Waals surface area contributed by atoms with Crippen molar-refractivity contribution in [2.75, 3.05) is 24.5 Å². The molecule has 7 heteroatoms. The Morgan fingerprint density at radius 3 is 3.11 bits per heavy atom. The molecule has 3 heterocycles. The van der Waals surface area contributed by atoms with Crippen LogP contribution in [-0.2, 0) is 4.79 Å². The minimum Gasteiger partial charge on any atom is -0.392 e. The van der Waals surface area contributed by atoms with E-state index >= 15 is 0 Å². The number of anilines is 1. The molecule has 0 saturated carbocycles. The van der Waals surface area contributed by atoms with Gasteiger partial charge in [0.15, 0.2) is 0 Å². The highest BCUT2D eigenvalue weighted by atomic mass is 16.5.